The van der Waals surface area contributed by atoms with Gasteiger partial charge in [0.2, 0.25) is 5.78 Å². The second-order valence-electron chi connectivity index (χ2n) is 3.80. The van der Waals surface area contributed by atoms with Crippen molar-refractivity contribution in [3.05, 3.63) is 54.1 Å². The fourth-order valence-corrected chi connectivity index (χ4v) is 2.66. The molecule has 0 bridgehead atoms. The van der Waals surface area contributed by atoms with Crippen LogP contribution in [0.15, 0.2) is 53.4 Å². The molecule has 2 aromatic rings. The Morgan fingerprint density at radius 3 is 2.35 bits per heavy atom. The van der Waals surface area contributed by atoms with Crippen LogP contribution in [0.4, 0.5) is 0 Å². The van der Waals surface area contributed by atoms with Gasteiger partial charge in [0.25, 0.3) is 5.12 Å². The fourth-order valence-electron chi connectivity index (χ4n) is 1.86. The minimum Gasteiger partial charge on any atom is -0.284 e. The first-order valence-corrected chi connectivity index (χ1v) is 6.03. The van der Waals surface area contributed by atoms with E-state index >= 15 is 0 Å². The van der Waals surface area contributed by atoms with E-state index in [1.165, 1.54) is 0 Å². The molecule has 0 aromatic heterocycles. The molecule has 2 nitrogen and oxygen atoms in total. The van der Waals surface area contributed by atoms with E-state index in [4.69, 9.17) is 0 Å². The number of hydrogen-bond acceptors (Lipinski definition) is 3. The molecule has 3 rings (SSSR count). The van der Waals surface area contributed by atoms with Crippen LogP contribution in [-0.4, -0.2) is 10.9 Å². The maximum Gasteiger partial charge on any atom is 0.264 e. The van der Waals surface area contributed by atoms with E-state index in [2.05, 4.69) is 0 Å². The normalized spacial score (nSPS) is 13.9. The van der Waals surface area contributed by atoms with Crippen molar-refractivity contribution in [1.82, 2.24) is 0 Å². The second kappa shape index (κ2) is 3.86. The van der Waals surface area contributed by atoms with Gasteiger partial charge in [0.1, 0.15) is 0 Å². The molecule has 0 saturated heterocycles. The summed E-state index contributed by atoms with van der Waals surface area (Å²) in [6, 6.07) is 15.4. The van der Waals surface area contributed by atoms with Crippen molar-refractivity contribution < 1.29 is 9.59 Å². The molecule has 0 aliphatic carbocycles. The maximum atomic E-state index is 11.6. The van der Waals surface area contributed by atoms with E-state index in [-0.39, 0.29) is 10.9 Å². The summed E-state index contributed by atoms with van der Waals surface area (Å²) in [6.45, 7) is 0. The largest absolute Gasteiger partial charge is 0.284 e. The van der Waals surface area contributed by atoms with Gasteiger partial charge in [-0.15, -0.1) is 0 Å². The highest BCUT2D eigenvalue weighted by molar-refractivity contribution is 8.16. The number of benzene rings is 2. The van der Waals surface area contributed by atoms with Gasteiger partial charge in [0.15, 0.2) is 0 Å². The molecule has 0 N–H and O–H groups in total. The lowest BCUT2D eigenvalue weighted by molar-refractivity contribution is -0.107. The summed E-state index contributed by atoms with van der Waals surface area (Å²) in [5.74, 6) is -0.386. The Kier molecular flexibility index (Phi) is 2.34. The van der Waals surface area contributed by atoms with Crippen LogP contribution in [0.2, 0.25) is 0 Å². The molecule has 0 radical (unpaired) electrons. The van der Waals surface area contributed by atoms with E-state index < -0.39 is 0 Å². The Hall–Kier alpha value is -1.87. The molecule has 0 spiro atoms. The Bertz CT molecular complexity index is 617. The molecular formula is C14H8O2S. The summed E-state index contributed by atoms with van der Waals surface area (Å²) < 4.78 is 0. The third-order valence-corrected chi connectivity index (χ3v) is 3.67. The number of Topliss-reactive ketones (excluding diaryl/α,β-unsaturated/α-hetero) is 1. The van der Waals surface area contributed by atoms with Gasteiger partial charge in [-0.2, -0.15) is 0 Å². The minimum absolute atomic E-state index is 0.384. The van der Waals surface area contributed by atoms with Crippen molar-refractivity contribution in [1.29, 1.82) is 0 Å². The van der Waals surface area contributed by atoms with Crippen molar-refractivity contribution in [2.45, 2.75) is 4.90 Å². The lowest BCUT2D eigenvalue weighted by Crippen LogP contribution is -2.02. The lowest BCUT2D eigenvalue weighted by atomic mass is 10.0. The first-order chi connectivity index (χ1) is 8.25. The van der Waals surface area contributed by atoms with Gasteiger partial charge in [-0.1, -0.05) is 36.4 Å². The third kappa shape index (κ3) is 1.68. The highest BCUT2D eigenvalue weighted by Gasteiger charge is 2.29. The monoisotopic (exact) mass is 240 g/mol. The molecule has 0 saturated carbocycles. The molecule has 1 aliphatic heterocycles. The molecule has 1 heterocycles. The molecular weight excluding hydrogens is 232 g/mol. The number of ketones is 1. The molecule has 1 aliphatic rings. The van der Waals surface area contributed by atoms with Crippen LogP contribution < -0.4 is 0 Å². The van der Waals surface area contributed by atoms with E-state index in [0.29, 0.717) is 5.56 Å². The van der Waals surface area contributed by atoms with Crippen LogP contribution in [-0.2, 0) is 4.79 Å². The van der Waals surface area contributed by atoms with Gasteiger partial charge in [-0.05, 0) is 35.0 Å². The van der Waals surface area contributed by atoms with Crippen LogP contribution in [0.25, 0.3) is 11.1 Å². The molecule has 0 fully saturated rings. The quantitative estimate of drug-likeness (QED) is 0.718. The van der Waals surface area contributed by atoms with Crippen LogP contribution in [0, 0.1) is 0 Å². The highest BCUT2D eigenvalue weighted by atomic mass is 32.2. The number of rotatable bonds is 1. The zero-order valence-corrected chi connectivity index (χ0v) is 9.66. The summed E-state index contributed by atoms with van der Waals surface area (Å²) in [7, 11) is 0. The van der Waals surface area contributed by atoms with Crippen molar-refractivity contribution in [3.8, 4) is 11.1 Å². The molecule has 17 heavy (non-hydrogen) atoms. The summed E-state index contributed by atoms with van der Waals surface area (Å²) in [5, 5.41) is -0.384. The van der Waals surface area contributed by atoms with Gasteiger partial charge in [-0.3, -0.25) is 9.59 Å². The van der Waals surface area contributed by atoms with Crippen LogP contribution in [0.5, 0.6) is 0 Å². The highest BCUT2D eigenvalue weighted by Crippen LogP contribution is 2.35. The standard InChI is InChI=1S/C14H8O2S/c15-13-11-8-10(9-4-2-1-3-5-9)6-7-12(11)17-14(13)16/h1-8H. The average Bonchev–Trinajstić information content (AvgIpc) is 2.66. The molecule has 2 aromatic carbocycles. The van der Waals surface area contributed by atoms with E-state index in [9.17, 15) is 9.59 Å². The predicted octanol–water partition coefficient (Wildman–Crippen LogP) is 3.17. The maximum absolute atomic E-state index is 11.6. The number of hydrogen-bond donors (Lipinski definition) is 0. The lowest BCUT2D eigenvalue weighted by Gasteiger charge is -2.03. The van der Waals surface area contributed by atoms with Crippen LogP contribution in [0.1, 0.15) is 10.4 Å². The Balaban J connectivity index is 2.12. The molecule has 3 heteroatoms. The first-order valence-electron chi connectivity index (χ1n) is 5.22. The topological polar surface area (TPSA) is 34.1 Å². The van der Waals surface area contributed by atoms with Gasteiger partial charge < -0.3 is 0 Å². The molecule has 0 unspecified atom stereocenters. The molecule has 0 amide bonds. The number of thioether (sulfide) groups is 1. The number of carbonyl (C=O) groups excluding carboxylic acids is 2. The predicted molar refractivity (Wildman–Crippen MR) is 67.1 cm³/mol. The Labute approximate surface area is 103 Å². The Morgan fingerprint density at radius 1 is 0.824 bits per heavy atom. The average molecular weight is 240 g/mol. The summed E-state index contributed by atoms with van der Waals surface area (Å²) in [6.07, 6.45) is 0. The summed E-state index contributed by atoms with van der Waals surface area (Å²) >= 11 is 1.01. The van der Waals surface area contributed by atoms with Gasteiger partial charge in [0, 0.05) is 10.5 Å². The second-order valence-corrected chi connectivity index (χ2v) is 4.81. The zero-order chi connectivity index (χ0) is 11.8. The fraction of sp³-hybridized carbons (Fsp3) is 0. The Morgan fingerprint density at radius 2 is 1.59 bits per heavy atom. The van der Waals surface area contributed by atoms with E-state index in [0.717, 1.165) is 27.8 Å². The van der Waals surface area contributed by atoms with Crippen molar-refractivity contribution in [3.63, 3.8) is 0 Å². The molecule has 0 atom stereocenters. The zero-order valence-electron chi connectivity index (χ0n) is 8.84. The first kappa shape index (κ1) is 10.3. The van der Waals surface area contributed by atoms with Crippen molar-refractivity contribution in [2.24, 2.45) is 0 Å². The van der Waals surface area contributed by atoms with Gasteiger partial charge in [0.05, 0.1) is 0 Å². The van der Waals surface area contributed by atoms with Crippen LogP contribution in [0.3, 0.4) is 0 Å². The number of carbonyl (C=O) groups is 2. The van der Waals surface area contributed by atoms with Crippen molar-refractivity contribution >= 4 is 22.7 Å². The van der Waals surface area contributed by atoms with Gasteiger partial charge in [-0.25, -0.2) is 0 Å². The van der Waals surface area contributed by atoms with E-state index in [1.807, 2.05) is 42.5 Å². The smallest absolute Gasteiger partial charge is 0.264 e. The SMILES string of the molecule is O=C1Sc2ccc(-c3ccccc3)cc2C1=O. The van der Waals surface area contributed by atoms with E-state index in [1.54, 1.807) is 6.07 Å². The summed E-state index contributed by atoms with van der Waals surface area (Å²) in [4.78, 5) is 23.7. The third-order valence-electron chi connectivity index (χ3n) is 2.72. The van der Waals surface area contributed by atoms with Crippen LogP contribution >= 0.6 is 11.8 Å². The summed E-state index contributed by atoms with van der Waals surface area (Å²) in [5.41, 5.74) is 2.54. The molecule has 82 valence electrons. The number of fused-ring (bicyclic) bond motifs is 1. The van der Waals surface area contributed by atoms with Gasteiger partial charge >= 0.3 is 0 Å². The minimum atomic E-state index is -0.386. The van der Waals surface area contributed by atoms with Crippen molar-refractivity contribution in [2.75, 3.05) is 0 Å².